The SMILES string of the molecule is CCc1cc(S(=O)(=O)OC2CCSC(=O)C2=O)ccc1C. The number of thioether (sulfide) groups is 1. The van der Waals surface area contributed by atoms with E-state index in [9.17, 15) is 18.0 Å². The number of carbonyl (C=O) groups excluding carboxylic acids is 2. The minimum Gasteiger partial charge on any atom is -0.287 e. The summed E-state index contributed by atoms with van der Waals surface area (Å²) in [5.41, 5.74) is 1.90. The van der Waals surface area contributed by atoms with E-state index in [0.29, 0.717) is 12.2 Å². The summed E-state index contributed by atoms with van der Waals surface area (Å²) in [6.07, 6.45) is -0.275. The van der Waals surface area contributed by atoms with Gasteiger partial charge in [0.05, 0.1) is 4.90 Å². The minimum absolute atomic E-state index is 0.0171. The quantitative estimate of drug-likeness (QED) is 0.620. The van der Waals surface area contributed by atoms with Crippen molar-refractivity contribution in [2.75, 3.05) is 5.75 Å². The van der Waals surface area contributed by atoms with Crippen LogP contribution in [0.1, 0.15) is 24.5 Å². The number of Topliss-reactive ketones (excluding diaryl/α,β-unsaturated/α-hetero) is 1. The lowest BCUT2D eigenvalue weighted by Crippen LogP contribution is -2.35. The van der Waals surface area contributed by atoms with Crippen molar-refractivity contribution in [2.45, 2.75) is 37.7 Å². The van der Waals surface area contributed by atoms with Crippen LogP contribution in [0.25, 0.3) is 0 Å². The highest BCUT2D eigenvalue weighted by Gasteiger charge is 2.35. The van der Waals surface area contributed by atoms with Gasteiger partial charge < -0.3 is 0 Å². The molecule has 1 aromatic carbocycles. The zero-order chi connectivity index (χ0) is 15.6. The Balaban J connectivity index is 2.26. The summed E-state index contributed by atoms with van der Waals surface area (Å²) in [6.45, 7) is 3.83. The second kappa shape index (κ2) is 6.29. The lowest BCUT2D eigenvalue weighted by Gasteiger charge is -2.19. The normalized spacial score (nSPS) is 19.8. The highest BCUT2D eigenvalue weighted by Crippen LogP contribution is 2.24. The molecule has 5 nitrogen and oxygen atoms in total. The highest BCUT2D eigenvalue weighted by molar-refractivity contribution is 8.15. The summed E-state index contributed by atoms with van der Waals surface area (Å²) in [5, 5.41) is -0.639. The molecular weight excluding hydrogens is 312 g/mol. The van der Waals surface area contributed by atoms with Gasteiger partial charge in [-0.25, -0.2) is 0 Å². The second-order valence-electron chi connectivity index (χ2n) is 4.77. The van der Waals surface area contributed by atoms with Gasteiger partial charge in [0.1, 0.15) is 6.10 Å². The van der Waals surface area contributed by atoms with Crippen molar-refractivity contribution in [1.82, 2.24) is 0 Å². The van der Waals surface area contributed by atoms with Crippen molar-refractivity contribution in [3.05, 3.63) is 29.3 Å². The monoisotopic (exact) mass is 328 g/mol. The molecule has 0 radical (unpaired) electrons. The van der Waals surface area contributed by atoms with E-state index in [2.05, 4.69) is 0 Å². The average molecular weight is 328 g/mol. The maximum Gasteiger partial charge on any atom is 0.297 e. The van der Waals surface area contributed by atoms with Crippen LogP contribution in [0.5, 0.6) is 0 Å². The summed E-state index contributed by atoms with van der Waals surface area (Å²) in [7, 11) is -4.05. The Morgan fingerprint density at radius 2 is 2.05 bits per heavy atom. The predicted molar refractivity (Wildman–Crippen MR) is 79.7 cm³/mol. The third kappa shape index (κ3) is 3.53. The van der Waals surface area contributed by atoms with E-state index in [4.69, 9.17) is 4.18 Å². The largest absolute Gasteiger partial charge is 0.297 e. The van der Waals surface area contributed by atoms with Crippen molar-refractivity contribution in [2.24, 2.45) is 0 Å². The van der Waals surface area contributed by atoms with Crippen LogP contribution in [-0.2, 0) is 30.3 Å². The minimum atomic E-state index is -4.05. The molecule has 0 aromatic heterocycles. The summed E-state index contributed by atoms with van der Waals surface area (Å²) in [4.78, 5) is 23.0. The van der Waals surface area contributed by atoms with Gasteiger partial charge in [0.15, 0.2) is 0 Å². The highest BCUT2D eigenvalue weighted by atomic mass is 32.2. The molecule has 7 heteroatoms. The first-order chi connectivity index (χ1) is 9.85. The summed E-state index contributed by atoms with van der Waals surface area (Å²) in [6, 6.07) is 4.71. The molecule has 1 saturated heterocycles. The van der Waals surface area contributed by atoms with E-state index < -0.39 is 27.1 Å². The number of carbonyl (C=O) groups is 2. The van der Waals surface area contributed by atoms with Gasteiger partial charge >= 0.3 is 0 Å². The number of aryl methyl sites for hydroxylation is 2. The molecule has 0 aliphatic carbocycles. The number of ketones is 1. The number of benzene rings is 1. The summed E-state index contributed by atoms with van der Waals surface area (Å²) in [5.74, 6) is -0.392. The molecule has 1 unspecified atom stereocenters. The maximum atomic E-state index is 12.2. The van der Waals surface area contributed by atoms with Crippen molar-refractivity contribution in [3.8, 4) is 0 Å². The van der Waals surface area contributed by atoms with E-state index in [-0.39, 0.29) is 11.3 Å². The second-order valence-corrected chi connectivity index (χ2v) is 7.41. The predicted octanol–water partition coefficient (Wildman–Crippen LogP) is 1.86. The fourth-order valence-electron chi connectivity index (χ4n) is 2.08. The van der Waals surface area contributed by atoms with E-state index >= 15 is 0 Å². The Kier molecular flexibility index (Phi) is 4.85. The van der Waals surface area contributed by atoms with Crippen molar-refractivity contribution >= 4 is 32.8 Å². The molecule has 0 bridgehead atoms. The van der Waals surface area contributed by atoms with Crippen LogP contribution in [0.15, 0.2) is 23.1 Å². The van der Waals surface area contributed by atoms with E-state index in [0.717, 1.165) is 22.9 Å². The average Bonchev–Trinajstić information content (AvgIpc) is 2.44. The Labute approximate surface area is 128 Å². The molecule has 1 aromatic rings. The number of hydrogen-bond acceptors (Lipinski definition) is 6. The van der Waals surface area contributed by atoms with E-state index in [1.807, 2.05) is 13.8 Å². The molecule has 114 valence electrons. The molecule has 1 atom stereocenters. The molecule has 1 aliphatic rings. The Morgan fingerprint density at radius 1 is 1.33 bits per heavy atom. The van der Waals surface area contributed by atoms with Gasteiger partial charge in [0.25, 0.3) is 15.2 Å². The maximum absolute atomic E-state index is 12.2. The van der Waals surface area contributed by atoms with Crippen LogP contribution < -0.4 is 0 Å². The molecule has 0 N–H and O–H groups in total. The zero-order valence-corrected chi connectivity index (χ0v) is 13.4. The van der Waals surface area contributed by atoms with Gasteiger partial charge in [-0.2, -0.15) is 8.42 Å². The van der Waals surface area contributed by atoms with Crippen LogP contribution in [0.2, 0.25) is 0 Å². The molecule has 21 heavy (non-hydrogen) atoms. The molecule has 1 heterocycles. The lowest BCUT2D eigenvalue weighted by atomic mass is 10.1. The molecule has 0 spiro atoms. The Bertz CT molecular complexity index is 679. The van der Waals surface area contributed by atoms with Crippen LogP contribution in [-0.4, -0.2) is 31.2 Å². The summed E-state index contributed by atoms with van der Waals surface area (Å²) < 4.78 is 29.5. The molecule has 1 aliphatic heterocycles. The first-order valence-corrected chi connectivity index (χ1v) is 8.98. The number of rotatable bonds is 4. The Morgan fingerprint density at radius 3 is 2.71 bits per heavy atom. The van der Waals surface area contributed by atoms with Gasteiger partial charge in [-0.05, 0) is 43.0 Å². The number of hydrogen-bond donors (Lipinski definition) is 0. The third-order valence-corrected chi connectivity index (χ3v) is 5.56. The first-order valence-electron chi connectivity index (χ1n) is 6.59. The summed E-state index contributed by atoms with van der Waals surface area (Å²) >= 11 is 0.896. The fourth-order valence-corrected chi connectivity index (χ4v) is 3.99. The topological polar surface area (TPSA) is 77.5 Å². The lowest BCUT2D eigenvalue weighted by molar-refractivity contribution is -0.136. The van der Waals surface area contributed by atoms with Crippen LogP contribution >= 0.6 is 11.8 Å². The van der Waals surface area contributed by atoms with Gasteiger partial charge in [-0.3, -0.25) is 13.8 Å². The van der Waals surface area contributed by atoms with Crippen molar-refractivity contribution < 1.29 is 22.2 Å². The van der Waals surface area contributed by atoms with Crippen molar-refractivity contribution in [1.29, 1.82) is 0 Å². The van der Waals surface area contributed by atoms with E-state index in [1.54, 1.807) is 12.1 Å². The van der Waals surface area contributed by atoms with Gasteiger partial charge in [-0.1, -0.05) is 24.8 Å². The standard InChI is InChI=1S/C14H16O5S2/c1-3-10-8-11(5-4-9(10)2)21(17,18)19-12-6-7-20-14(16)13(12)15/h4-5,8,12H,3,6-7H2,1-2H3. The molecule has 2 rings (SSSR count). The van der Waals surface area contributed by atoms with Gasteiger partial charge in [-0.15, -0.1) is 0 Å². The van der Waals surface area contributed by atoms with E-state index in [1.165, 1.54) is 6.07 Å². The molecular formula is C14H16O5S2. The smallest absolute Gasteiger partial charge is 0.287 e. The van der Waals surface area contributed by atoms with Crippen molar-refractivity contribution in [3.63, 3.8) is 0 Å². The van der Waals surface area contributed by atoms with Gasteiger partial charge in [0.2, 0.25) is 5.78 Å². The molecule has 0 saturated carbocycles. The molecule has 0 amide bonds. The first kappa shape index (κ1) is 16.2. The van der Waals surface area contributed by atoms with Gasteiger partial charge in [0, 0.05) is 5.75 Å². The molecule has 1 fully saturated rings. The Hall–Kier alpha value is -1.18. The third-order valence-electron chi connectivity index (χ3n) is 3.34. The van der Waals surface area contributed by atoms with Crippen LogP contribution in [0, 0.1) is 6.92 Å². The van der Waals surface area contributed by atoms with Crippen LogP contribution in [0.4, 0.5) is 0 Å². The zero-order valence-electron chi connectivity index (χ0n) is 11.8. The fraction of sp³-hybridized carbons (Fsp3) is 0.429. The van der Waals surface area contributed by atoms with Crippen LogP contribution in [0.3, 0.4) is 0 Å².